The molecule has 130 valence electrons. The van der Waals surface area contributed by atoms with Crippen LogP contribution >= 0.6 is 0 Å². The minimum atomic E-state index is -5.03. The van der Waals surface area contributed by atoms with Crippen LogP contribution in [0.5, 0.6) is 0 Å². The van der Waals surface area contributed by atoms with Crippen LogP contribution < -0.4 is 5.43 Å². The van der Waals surface area contributed by atoms with Crippen molar-refractivity contribution < 1.29 is 35.9 Å². The van der Waals surface area contributed by atoms with Crippen molar-refractivity contribution in [2.75, 3.05) is 5.43 Å². The Labute approximate surface area is 131 Å². The van der Waals surface area contributed by atoms with Gasteiger partial charge in [-0.3, -0.25) is 15.0 Å². The summed E-state index contributed by atoms with van der Waals surface area (Å²) >= 11 is 0. The molecule has 0 aliphatic carbocycles. The fourth-order valence-electron chi connectivity index (χ4n) is 2.00. The van der Waals surface area contributed by atoms with Gasteiger partial charge in [-0.25, -0.2) is 0 Å². The summed E-state index contributed by atoms with van der Waals surface area (Å²) in [5, 5.41) is 0.375. The number of nitrogens with zero attached hydrogens (tertiary/aromatic N) is 1. The summed E-state index contributed by atoms with van der Waals surface area (Å²) in [5.41, 5.74) is -1.67. The molecule has 10 heteroatoms. The molecular formula is C14H10F6N2O2. The molecule has 0 unspecified atom stereocenters. The topological polar surface area (TPSA) is 49.4 Å². The lowest BCUT2D eigenvalue weighted by Crippen LogP contribution is -2.37. The number of halogens is 6. The Morgan fingerprint density at radius 2 is 1.17 bits per heavy atom. The van der Waals surface area contributed by atoms with Crippen molar-refractivity contribution in [1.82, 2.24) is 5.01 Å². The number of amides is 2. The van der Waals surface area contributed by atoms with Gasteiger partial charge in [-0.05, 0) is 32.0 Å². The van der Waals surface area contributed by atoms with Gasteiger partial charge in [0.2, 0.25) is 0 Å². The molecule has 0 spiro atoms. The van der Waals surface area contributed by atoms with Gasteiger partial charge in [0.25, 0.3) is 11.8 Å². The van der Waals surface area contributed by atoms with E-state index < -0.39 is 41.0 Å². The second-order valence-electron chi connectivity index (χ2n) is 5.10. The second-order valence-corrected chi connectivity index (χ2v) is 5.10. The van der Waals surface area contributed by atoms with E-state index in [9.17, 15) is 35.9 Å². The Balaban J connectivity index is 2.45. The summed E-state index contributed by atoms with van der Waals surface area (Å²) in [7, 11) is 0. The Morgan fingerprint density at radius 3 is 1.50 bits per heavy atom. The Kier molecular flexibility index (Phi) is 4.11. The molecule has 1 heterocycles. The van der Waals surface area contributed by atoms with Crippen LogP contribution in [0.15, 0.2) is 29.3 Å². The molecule has 1 aliphatic rings. The number of hydrogen-bond acceptors (Lipinski definition) is 3. The minimum Gasteiger partial charge on any atom is -0.288 e. The molecule has 24 heavy (non-hydrogen) atoms. The predicted molar refractivity (Wildman–Crippen MR) is 70.3 cm³/mol. The van der Waals surface area contributed by atoms with Crippen molar-refractivity contribution in [1.29, 1.82) is 0 Å². The van der Waals surface area contributed by atoms with E-state index in [0.29, 0.717) is 17.1 Å². The quantitative estimate of drug-likeness (QED) is 0.651. The molecular weight excluding hydrogens is 342 g/mol. The molecule has 2 rings (SSSR count). The third-order valence-electron chi connectivity index (χ3n) is 3.44. The van der Waals surface area contributed by atoms with Crippen molar-refractivity contribution >= 4 is 17.5 Å². The first-order valence-corrected chi connectivity index (χ1v) is 6.45. The number of hydrogen-bond donors (Lipinski definition) is 1. The van der Waals surface area contributed by atoms with Gasteiger partial charge in [-0.1, -0.05) is 0 Å². The zero-order chi connectivity index (χ0) is 18.4. The fourth-order valence-corrected chi connectivity index (χ4v) is 2.00. The molecule has 0 radical (unpaired) electrons. The minimum absolute atomic E-state index is 0.0481. The zero-order valence-electron chi connectivity index (χ0n) is 12.3. The lowest BCUT2D eigenvalue weighted by atomic mass is 10.1. The van der Waals surface area contributed by atoms with Gasteiger partial charge in [-0.15, -0.1) is 0 Å². The molecule has 4 nitrogen and oxygen atoms in total. The highest BCUT2D eigenvalue weighted by molar-refractivity contribution is 6.19. The van der Waals surface area contributed by atoms with E-state index in [0.717, 1.165) is 0 Å². The van der Waals surface area contributed by atoms with E-state index in [1.165, 1.54) is 13.8 Å². The molecule has 0 bridgehead atoms. The smallest absolute Gasteiger partial charge is 0.288 e. The average molecular weight is 352 g/mol. The summed E-state index contributed by atoms with van der Waals surface area (Å²) in [6.07, 6.45) is -10.1. The Hall–Kier alpha value is -2.52. The van der Waals surface area contributed by atoms with Crippen LogP contribution in [0.2, 0.25) is 0 Å². The van der Waals surface area contributed by atoms with Crippen molar-refractivity contribution in [2.45, 2.75) is 26.2 Å². The van der Waals surface area contributed by atoms with Gasteiger partial charge in [0.1, 0.15) is 0 Å². The highest BCUT2D eigenvalue weighted by Gasteiger charge is 2.38. The van der Waals surface area contributed by atoms with Gasteiger partial charge in [0.15, 0.2) is 0 Å². The summed E-state index contributed by atoms with van der Waals surface area (Å²) in [6.45, 7) is 2.65. The molecule has 1 aromatic rings. The van der Waals surface area contributed by atoms with E-state index in [-0.39, 0.29) is 17.2 Å². The lowest BCUT2D eigenvalue weighted by Gasteiger charge is -2.20. The van der Waals surface area contributed by atoms with Crippen LogP contribution in [-0.2, 0) is 21.9 Å². The Bertz CT molecular complexity index is 692. The third kappa shape index (κ3) is 3.22. The number of hydrazine groups is 1. The normalized spacial score (nSPS) is 16.2. The Morgan fingerprint density at radius 1 is 0.792 bits per heavy atom. The molecule has 0 saturated heterocycles. The summed E-state index contributed by atoms with van der Waals surface area (Å²) in [4.78, 5) is 23.7. The fraction of sp³-hybridized carbons (Fsp3) is 0.286. The second kappa shape index (κ2) is 5.53. The monoisotopic (exact) mass is 352 g/mol. The van der Waals surface area contributed by atoms with E-state index in [1.54, 1.807) is 0 Å². The van der Waals surface area contributed by atoms with Crippen LogP contribution in [0.4, 0.5) is 32.0 Å². The van der Waals surface area contributed by atoms with Crippen LogP contribution in [0.1, 0.15) is 25.0 Å². The van der Waals surface area contributed by atoms with Crippen LogP contribution in [0, 0.1) is 0 Å². The summed E-state index contributed by atoms with van der Waals surface area (Å²) in [5.74, 6) is -1.69. The number of imide groups is 1. The molecule has 0 fully saturated rings. The van der Waals surface area contributed by atoms with Crippen molar-refractivity contribution in [3.63, 3.8) is 0 Å². The SMILES string of the molecule is CC1=C(C)C(=O)N(Nc2cc(C(F)(F)F)cc(C(F)(F)F)c2)C1=O. The maximum absolute atomic E-state index is 12.8. The van der Waals surface area contributed by atoms with Gasteiger partial charge in [-0.2, -0.15) is 31.4 Å². The molecule has 0 saturated carbocycles. The lowest BCUT2D eigenvalue weighted by molar-refractivity contribution is -0.143. The number of carbonyl (C=O) groups is 2. The van der Waals surface area contributed by atoms with Gasteiger partial charge in [0, 0.05) is 11.1 Å². The highest BCUT2D eigenvalue weighted by atomic mass is 19.4. The van der Waals surface area contributed by atoms with Crippen molar-refractivity contribution in [3.8, 4) is 0 Å². The maximum Gasteiger partial charge on any atom is 0.416 e. The molecule has 0 atom stereocenters. The van der Waals surface area contributed by atoms with E-state index in [1.807, 2.05) is 5.43 Å². The largest absolute Gasteiger partial charge is 0.416 e. The van der Waals surface area contributed by atoms with Crippen molar-refractivity contribution in [3.05, 3.63) is 40.5 Å². The maximum atomic E-state index is 12.8. The molecule has 1 aromatic carbocycles. The van der Waals surface area contributed by atoms with E-state index in [2.05, 4.69) is 0 Å². The number of nitrogens with one attached hydrogen (secondary N) is 1. The van der Waals surface area contributed by atoms with Crippen LogP contribution in [0.25, 0.3) is 0 Å². The molecule has 1 aliphatic heterocycles. The number of rotatable bonds is 2. The summed E-state index contributed by atoms with van der Waals surface area (Å²) in [6, 6.07) is 0.727. The number of anilines is 1. The van der Waals surface area contributed by atoms with Crippen molar-refractivity contribution in [2.24, 2.45) is 0 Å². The number of carbonyl (C=O) groups excluding carboxylic acids is 2. The van der Waals surface area contributed by atoms with Gasteiger partial charge in [0.05, 0.1) is 16.8 Å². The number of alkyl halides is 6. The van der Waals surface area contributed by atoms with Gasteiger partial charge < -0.3 is 0 Å². The summed E-state index contributed by atoms with van der Waals surface area (Å²) < 4.78 is 76.7. The first kappa shape index (κ1) is 17.8. The van der Waals surface area contributed by atoms with Crippen LogP contribution in [0.3, 0.4) is 0 Å². The first-order chi connectivity index (χ1) is 10.8. The molecule has 2 amide bonds. The predicted octanol–water partition coefficient (Wildman–Crippen LogP) is 3.76. The highest BCUT2D eigenvalue weighted by Crippen LogP contribution is 2.37. The first-order valence-electron chi connectivity index (χ1n) is 6.45. The van der Waals surface area contributed by atoms with Gasteiger partial charge >= 0.3 is 12.4 Å². The van der Waals surface area contributed by atoms with E-state index in [4.69, 9.17) is 0 Å². The standard InChI is InChI=1S/C14H10F6N2O2/c1-6-7(2)12(24)22(11(6)23)21-10-4-8(13(15,16)17)3-9(5-10)14(18,19)20/h3-5,21H,1-2H3. The number of benzene rings is 1. The average Bonchev–Trinajstić information content (AvgIpc) is 2.63. The zero-order valence-corrected chi connectivity index (χ0v) is 12.3. The molecule has 1 N–H and O–H groups in total. The third-order valence-corrected chi connectivity index (χ3v) is 3.44. The molecule has 0 aromatic heterocycles. The van der Waals surface area contributed by atoms with Crippen LogP contribution in [-0.4, -0.2) is 16.8 Å². The van der Waals surface area contributed by atoms with E-state index >= 15 is 0 Å².